The highest BCUT2D eigenvalue weighted by Gasteiger charge is 2.36. The van der Waals surface area contributed by atoms with Gasteiger partial charge >= 0.3 is 0 Å². The highest BCUT2D eigenvalue weighted by molar-refractivity contribution is 8.00. The third-order valence-corrected chi connectivity index (χ3v) is 4.75. The van der Waals surface area contributed by atoms with Crippen LogP contribution in [-0.2, 0) is 4.79 Å². The molecule has 1 atom stereocenters. The van der Waals surface area contributed by atoms with E-state index in [0.29, 0.717) is 11.3 Å². The van der Waals surface area contributed by atoms with Crippen molar-refractivity contribution in [2.75, 3.05) is 19.3 Å². The molecule has 4 heteroatoms. The van der Waals surface area contributed by atoms with Crippen LogP contribution in [0.4, 0.5) is 0 Å². The van der Waals surface area contributed by atoms with Crippen molar-refractivity contribution in [3.05, 3.63) is 0 Å². The third-order valence-electron chi connectivity index (χ3n) is 3.33. The minimum Gasteiger partial charge on any atom is -0.354 e. The van der Waals surface area contributed by atoms with Gasteiger partial charge in [-0.25, -0.2) is 0 Å². The summed E-state index contributed by atoms with van der Waals surface area (Å²) in [6.07, 6.45) is 6.68. The first-order valence-electron chi connectivity index (χ1n) is 5.66. The van der Waals surface area contributed by atoms with Crippen LogP contribution in [0.1, 0.15) is 32.6 Å². The Morgan fingerprint density at radius 1 is 1.60 bits per heavy atom. The van der Waals surface area contributed by atoms with Crippen molar-refractivity contribution in [2.45, 2.75) is 37.4 Å². The Morgan fingerprint density at radius 3 is 2.67 bits per heavy atom. The van der Waals surface area contributed by atoms with Gasteiger partial charge in [0.05, 0.1) is 0 Å². The summed E-state index contributed by atoms with van der Waals surface area (Å²) < 4.78 is 0.331. The van der Waals surface area contributed by atoms with Crippen LogP contribution in [0, 0.1) is 5.92 Å². The van der Waals surface area contributed by atoms with Gasteiger partial charge in [-0.1, -0.05) is 13.3 Å². The van der Waals surface area contributed by atoms with Gasteiger partial charge in [-0.3, -0.25) is 4.79 Å². The zero-order valence-electron chi connectivity index (χ0n) is 9.71. The number of hydrogen-bond acceptors (Lipinski definition) is 3. The van der Waals surface area contributed by atoms with E-state index in [1.807, 2.05) is 18.7 Å². The monoisotopic (exact) mass is 230 g/mol. The number of carbonyl (C=O) groups is 1. The molecule has 3 N–H and O–H groups in total. The van der Waals surface area contributed by atoms with Crippen molar-refractivity contribution in [3.63, 3.8) is 0 Å². The van der Waals surface area contributed by atoms with Gasteiger partial charge in [-0.15, -0.1) is 0 Å². The van der Waals surface area contributed by atoms with Crippen molar-refractivity contribution in [3.8, 4) is 0 Å². The molecule has 0 saturated heterocycles. The zero-order chi connectivity index (χ0) is 11.3. The summed E-state index contributed by atoms with van der Waals surface area (Å²) in [4.78, 5) is 11.7. The average Bonchev–Trinajstić information content (AvgIpc) is 2.17. The fraction of sp³-hybridized carbons (Fsp3) is 0.909. The van der Waals surface area contributed by atoms with Gasteiger partial charge in [0.2, 0.25) is 5.91 Å². The normalized spacial score (nSPS) is 20.5. The first-order chi connectivity index (χ1) is 7.13. The van der Waals surface area contributed by atoms with Gasteiger partial charge in [0.15, 0.2) is 0 Å². The highest BCUT2D eigenvalue weighted by Crippen LogP contribution is 2.42. The smallest absolute Gasteiger partial charge is 0.222 e. The molecule has 1 aliphatic carbocycles. The molecule has 0 aromatic heterocycles. The Morgan fingerprint density at radius 2 is 2.27 bits per heavy atom. The molecule has 0 aromatic carbocycles. The molecule has 1 amide bonds. The molecule has 15 heavy (non-hydrogen) atoms. The van der Waals surface area contributed by atoms with Crippen LogP contribution in [0.25, 0.3) is 0 Å². The molecular weight excluding hydrogens is 208 g/mol. The lowest BCUT2D eigenvalue weighted by molar-refractivity contribution is -0.124. The molecule has 0 heterocycles. The maximum Gasteiger partial charge on any atom is 0.222 e. The highest BCUT2D eigenvalue weighted by atomic mass is 32.2. The number of amides is 1. The molecule has 0 aromatic rings. The van der Waals surface area contributed by atoms with Crippen LogP contribution in [0.15, 0.2) is 0 Å². The van der Waals surface area contributed by atoms with E-state index in [1.54, 1.807) is 0 Å². The average molecular weight is 230 g/mol. The van der Waals surface area contributed by atoms with Crippen LogP contribution in [0.5, 0.6) is 0 Å². The largest absolute Gasteiger partial charge is 0.354 e. The molecule has 88 valence electrons. The molecule has 1 rings (SSSR count). The summed E-state index contributed by atoms with van der Waals surface area (Å²) in [5.41, 5.74) is 5.43. The molecule has 0 radical (unpaired) electrons. The van der Waals surface area contributed by atoms with Gasteiger partial charge in [0.1, 0.15) is 0 Å². The first-order valence-corrected chi connectivity index (χ1v) is 6.89. The Labute approximate surface area is 96.6 Å². The minimum atomic E-state index is 0.0500. The number of nitrogens with two attached hydrogens (primary N) is 1. The molecule has 0 spiro atoms. The van der Waals surface area contributed by atoms with E-state index < -0.39 is 0 Å². The van der Waals surface area contributed by atoms with Crippen LogP contribution in [-0.4, -0.2) is 30.0 Å². The number of carbonyl (C=O) groups excluding carboxylic acids is 1. The van der Waals surface area contributed by atoms with E-state index >= 15 is 0 Å². The summed E-state index contributed by atoms with van der Waals surface area (Å²) in [5.74, 6) is 0.203. The van der Waals surface area contributed by atoms with Crippen molar-refractivity contribution in [1.29, 1.82) is 0 Å². The lowest BCUT2D eigenvalue weighted by Gasteiger charge is -2.40. The molecule has 1 unspecified atom stereocenters. The van der Waals surface area contributed by atoms with Crippen molar-refractivity contribution >= 4 is 17.7 Å². The summed E-state index contributed by atoms with van der Waals surface area (Å²) in [7, 11) is 0. The predicted molar refractivity (Wildman–Crippen MR) is 65.9 cm³/mol. The Hall–Kier alpha value is -0.220. The number of nitrogens with one attached hydrogen (secondary N) is 1. The number of hydrogen-bond donors (Lipinski definition) is 2. The second kappa shape index (κ2) is 5.75. The predicted octanol–water partition coefficient (Wildman–Crippen LogP) is 1.37. The molecular formula is C11H22N2OS. The third kappa shape index (κ3) is 3.38. The van der Waals surface area contributed by atoms with Gasteiger partial charge in [0, 0.05) is 17.2 Å². The second-order valence-electron chi connectivity index (χ2n) is 4.44. The van der Waals surface area contributed by atoms with Gasteiger partial charge < -0.3 is 11.1 Å². The quantitative estimate of drug-likeness (QED) is 0.724. The van der Waals surface area contributed by atoms with Crippen LogP contribution >= 0.6 is 11.8 Å². The molecule has 0 aliphatic heterocycles. The lowest BCUT2D eigenvalue weighted by atomic mass is 9.84. The topological polar surface area (TPSA) is 55.1 Å². The van der Waals surface area contributed by atoms with Crippen molar-refractivity contribution in [2.24, 2.45) is 11.7 Å². The number of rotatable bonds is 6. The fourth-order valence-electron chi connectivity index (χ4n) is 1.83. The zero-order valence-corrected chi connectivity index (χ0v) is 10.5. The maximum absolute atomic E-state index is 11.7. The van der Waals surface area contributed by atoms with Gasteiger partial charge in [-0.2, -0.15) is 11.8 Å². The maximum atomic E-state index is 11.7. The summed E-state index contributed by atoms with van der Waals surface area (Å²) in [6, 6.07) is 0. The van der Waals surface area contributed by atoms with E-state index in [-0.39, 0.29) is 11.8 Å². The second-order valence-corrected chi connectivity index (χ2v) is 5.71. The van der Waals surface area contributed by atoms with Crippen LogP contribution < -0.4 is 11.1 Å². The SMILES string of the molecule is CSC1(CNC(=O)C(C)CCN)CCC1. The summed E-state index contributed by atoms with van der Waals surface area (Å²) in [6.45, 7) is 3.35. The summed E-state index contributed by atoms with van der Waals surface area (Å²) >= 11 is 1.89. The Kier molecular flexibility index (Phi) is 4.93. The molecule has 1 fully saturated rings. The Balaban J connectivity index is 2.26. The van der Waals surface area contributed by atoms with Gasteiger partial charge in [0.25, 0.3) is 0 Å². The van der Waals surface area contributed by atoms with Crippen LogP contribution in [0.2, 0.25) is 0 Å². The fourth-order valence-corrected chi connectivity index (χ4v) is 2.74. The molecule has 0 bridgehead atoms. The lowest BCUT2D eigenvalue weighted by Crippen LogP contribution is -2.46. The Bertz CT molecular complexity index is 211. The van der Waals surface area contributed by atoms with Gasteiger partial charge in [-0.05, 0) is 32.1 Å². The van der Waals surface area contributed by atoms with E-state index in [9.17, 15) is 4.79 Å². The number of thioether (sulfide) groups is 1. The van der Waals surface area contributed by atoms with E-state index in [0.717, 1.165) is 13.0 Å². The van der Waals surface area contributed by atoms with Crippen molar-refractivity contribution < 1.29 is 4.79 Å². The minimum absolute atomic E-state index is 0.0500. The standard InChI is InChI=1S/C11H22N2OS/c1-9(4-7-12)10(14)13-8-11(15-2)5-3-6-11/h9H,3-8,12H2,1-2H3,(H,13,14). The molecule has 3 nitrogen and oxygen atoms in total. The van der Waals surface area contributed by atoms with E-state index in [4.69, 9.17) is 5.73 Å². The first kappa shape index (κ1) is 12.8. The molecule has 1 saturated carbocycles. The van der Waals surface area contributed by atoms with E-state index in [1.165, 1.54) is 19.3 Å². The van der Waals surface area contributed by atoms with E-state index in [2.05, 4.69) is 11.6 Å². The summed E-state index contributed by atoms with van der Waals surface area (Å²) in [5, 5.41) is 3.05. The van der Waals surface area contributed by atoms with Crippen LogP contribution in [0.3, 0.4) is 0 Å². The molecule has 1 aliphatic rings. The van der Waals surface area contributed by atoms with Crippen molar-refractivity contribution in [1.82, 2.24) is 5.32 Å².